The number of hydrogen-bond donors (Lipinski definition) is 1. The molecule has 0 bridgehead atoms. The first-order chi connectivity index (χ1) is 11.7. The normalized spacial score (nSPS) is 19.8. The third-order valence-electron chi connectivity index (χ3n) is 3.89. The maximum Gasteiger partial charge on any atom is 0.449 e. The van der Waals surface area contributed by atoms with Gasteiger partial charge in [-0.25, -0.2) is 0 Å². The first-order valence-corrected chi connectivity index (χ1v) is 8.30. The number of aliphatic hydroxyl groups is 1. The number of nitrogens with zero attached hydrogens (tertiary/aromatic N) is 2. The van der Waals surface area contributed by atoms with E-state index in [1.54, 1.807) is 0 Å². The molecule has 0 spiro atoms. The van der Waals surface area contributed by atoms with E-state index in [1.165, 1.54) is 0 Å². The van der Waals surface area contributed by atoms with E-state index in [9.17, 15) is 10.5 Å². The molecule has 5 nitrogen and oxygen atoms in total. The van der Waals surface area contributed by atoms with Crippen LogP contribution >= 0.6 is 15.9 Å². The predicted octanol–water partition coefficient (Wildman–Crippen LogP) is 4.93. The Kier molecular flexibility index (Phi) is 5.14. The van der Waals surface area contributed by atoms with Crippen LogP contribution in [0.15, 0.2) is 70.7 Å². The van der Waals surface area contributed by atoms with Crippen molar-refractivity contribution in [1.82, 2.24) is 0 Å². The molecule has 24 heavy (non-hydrogen) atoms. The van der Waals surface area contributed by atoms with Crippen LogP contribution in [0.3, 0.4) is 0 Å². The van der Waals surface area contributed by atoms with Crippen LogP contribution in [-0.4, -0.2) is 11.7 Å². The van der Waals surface area contributed by atoms with Crippen LogP contribution in [0, 0.1) is 11.3 Å². The van der Waals surface area contributed by atoms with Gasteiger partial charge in [0.25, 0.3) is 0 Å². The van der Waals surface area contributed by atoms with E-state index in [0.29, 0.717) is 6.61 Å². The summed E-state index contributed by atoms with van der Waals surface area (Å²) in [7, 11) is 0. The lowest BCUT2D eigenvalue weighted by atomic mass is 9.95. The Hall–Kier alpha value is -2.36. The molecule has 2 atom stereocenters. The zero-order valence-electron chi connectivity index (χ0n) is 12.8. The first-order valence-electron chi connectivity index (χ1n) is 7.51. The van der Waals surface area contributed by atoms with E-state index in [4.69, 9.17) is 9.47 Å². The highest BCUT2D eigenvalue weighted by molar-refractivity contribution is 9.10. The monoisotopic (exact) mass is 387 g/mol. The number of aliphatic hydroxyl groups excluding tert-OH is 1. The first kappa shape index (κ1) is 16.5. The summed E-state index contributed by atoms with van der Waals surface area (Å²) in [6.07, 6.45) is -0.443. The summed E-state index contributed by atoms with van der Waals surface area (Å²) in [4.78, 5) is 3.18. The Morgan fingerprint density at radius 2 is 1.83 bits per heavy atom. The molecule has 0 radical (unpaired) electrons. The van der Waals surface area contributed by atoms with Crippen LogP contribution in [0.25, 0.3) is 4.98 Å². The third kappa shape index (κ3) is 3.58. The molecule has 0 unspecified atom stereocenters. The molecule has 1 heterocycles. The van der Waals surface area contributed by atoms with Crippen molar-refractivity contribution in [2.24, 2.45) is 5.92 Å². The van der Waals surface area contributed by atoms with E-state index in [-0.39, 0.29) is 24.2 Å². The molecule has 1 aliphatic rings. The van der Waals surface area contributed by atoms with Crippen LogP contribution in [0.5, 0.6) is 0 Å². The standard InChI is InChI=1S/C18H15BrN2O3/c19-14-8-6-12(7-9-14)10-23-11-15-16(21-20)18(22)24-17(15)13-4-2-1-3-5-13/h1-9,15,17H,10-11H2/p+1/t15-,17+/m0/s1. The zero-order chi connectivity index (χ0) is 16.9. The highest BCUT2D eigenvalue weighted by Crippen LogP contribution is 2.41. The van der Waals surface area contributed by atoms with Crippen molar-refractivity contribution >= 4 is 15.9 Å². The third-order valence-corrected chi connectivity index (χ3v) is 4.42. The second-order valence-corrected chi connectivity index (χ2v) is 6.40. The van der Waals surface area contributed by atoms with E-state index in [1.807, 2.05) is 54.6 Å². The molecule has 0 saturated carbocycles. The Morgan fingerprint density at radius 3 is 2.50 bits per heavy atom. The topological polar surface area (TPSA) is 66.8 Å². The molecule has 0 saturated heterocycles. The summed E-state index contributed by atoms with van der Waals surface area (Å²) >= 11 is 3.39. The zero-order valence-corrected chi connectivity index (χ0v) is 14.4. The van der Waals surface area contributed by atoms with Crippen molar-refractivity contribution in [3.05, 3.63) is 86.8 Å². The molecule has 0 amide bonds. The minimum atomic E-state index is -0.443. The van der Waals surface area contributed by atoms with Crippen LogP contribution in [0.1, 0.15) is 17.2 Å². The van der Waals surface area contributed by atoms with Gasteiger partial charge >= 0.3 is 11.6 Å². The predicted molar refractivity (Wildman–Crippen MR) is 92.3 cm³/mol. The molecular formula is C18H16BrN2O3+. The number of rotatable bonds is 5. The molecule has 0 aromatic heterocycles. The maximum absolute atomic E-state index is 9.88. The molecule has 2 aromatic rings. The number of diazo groups is 1. The quantitative estimate of drug-likeness (QED) is 0.738. The Labute approximate surface area is 148 Å². The Morgan fingerprint density at radius 1 is 1.12 bits per heavy atom. The van der Waals surface area contributed by atoms with Crippen molar-refractivity contribution in [3.8, 4) is 0 Å². The van der Waals surface area contributed by atoms with Crippen molar-refractivity contribution in [3.63, 3.8) is 0 Å². The summed E-state index contributed by atoms with van der Waals surface area (Å²) < 4.78 is 12.2. The smallest absolute Gasteiger partial charge is 0.449 e. The summed E-state index contributed by atoms with van der Waals surface area (Å²) in [6.45, 7) is 0.684. The van der Waals surface area contributed by atoms with Crippen LogP contribution in [0.2, 0.25) is 0 Å². The van der Waals surface area contributed by atoms with E-state index in [2.05, 4.69) is 20.9 Å². The van der Waals surface area contributed by atoms with E-state index < -0.39 is 6.10 Å². The second kappa shape index (κ2) is 7.47. The van der Waals surface area contributed by atoms with Crippen molar-refractivity contribution in [2.45, 2.75) is 12.7 Å². The van der Waals surface area contributed by atoms with Gasteiger partial charge in [0.2, 0.25) is 5.39 Å². The van der Waals surface area contributed by atoms with Gasteiger partial charge in [0, 0.05) is 4.47 Å². The van der Waals surface area contributed by atoms with Gasteiger partial charge in [-0.2, -0.15) is 0 Å². The minimum absolute atomic E-state index is 0.111. The van der Waals surface area contributed by atoms with Gasteiger partial charge in [0.1, 0.15) is 12.0 Å². The summed E-state index contributed by atoms with van der Waals surface area (Å²) in [5, 5.41) is 19.1. The van der Waals surface area contributed by atoms with Crippen LogP contribution in [-0.2, 0) is 16.1 Å². The summed E-state index contributed by atoms with van der Waals surface area (Å²) in [5.41, 5.74) is 2.03. The average molecular weight is 388 g/mol. The molecule has 6 heteroatoms. The highest BCUT2D eigenvalue weighted by Gasteiger charge is 2.47. The van der Waals surface area contributed by atoms with E-state index >= 15 is 0 Å². The van der Waals surface area contributed by atoms with Crippen molar-refractivity contribution < 1.29 is 14.6 Å². The molecule has 1 N–H and O–H groups in total. The number of benzene rings is 2. The van der Waals surface area contributed by atoms with Gasteiger partial charge in [-0.3, -0.25) is 0 Å². The lowest BCUT2D eigenvalue weighted by molar-refractivity contribution is 0.0111. The van der Waals surface area contributed by atoms with Crippen molar-refractivity contribution in [2.75, 3.05) is 6.61 Å². The summed E-state index contributed by atoms with van der Waals surface area (Å²) in [6, 6.07) is 17.3. The molecule has 2 aromatic carbocycles. The van der Waals surface area contributed by atoms with E-state index in [0.717, 1.165) is 15.6 Å². The minimum Gasteiger partial charge on any atom is -0.475 e. The maximum atomic E-state index is 9.88. The van der Waals surface area contributed by atoms with Gasteiger partial charge in [-0.1, -0.05) is 58.4 Å². The average Bonchev–Trinajstić information content (AvgIpc) is 2.93. The van der Waals surface area contributed by atoms with Crippen LogP contribution < -0.4 is 0 Å². The van der Waals surface area contributed by atoms with Gasteiger partial charge < -0.3 is 14.6 Å². The molecule has 0 fully saturated rings. The van der Waals surface area contributed by atoms with Crippen molar-refractivity contribution in [1.29, 1.82) is 5.39 Å². The molecule has 0 aliphatic carbocycles. The number of hydrogen-bond acceptors (Lipinski definition) is 4. The van der Waals surface area contributed by atoms with Gasteiger partial charge in [-0.15, -0.1) is 0 Å². The SMILES string of the molecule is N#[N+]C1=C(O)O[C@H](c2ccccc2)[C@H]1COCc1ccc(Br)cc1. The second-order valence-electron chi connectivity index (χ2n) is 5.49. The van der Waals surface area contributed by atoms with Crippen LogP contribution in [0.4, 0.5) is 0 Å². The molecular weight excluding hydrogens is 372 g/mol. The molecule has 122 valence electrons. The lowest BCUT2D eigenvalue weighted by Gasteiger charge is -2.17. The number of ether oxygens (including phenoxy) is 2. The Bertz CT molecular complexity index is 769. The van der Waals surface area contributed by atoms with Gasteiger partial charge in [0.15, 0.2) is 4.98 Å². The Balaban J connectivity index is 1.70. The van der Waals surface area contributed by atoms with Gasteiger partial charge in [-0.05, 0) is 23.3 Å². The fourth-order valence-corrected chi connectivity index (χ4v) is 2.94. The molecule has 3 rings (SSSR count). The highest BCUT2D eigenvalue weighted by atomic mass is 79.9. The molecule has 1 aliphatic heterocycles. The number of halogens is 1. The lowest BCUT2D eigenvalue weighted by Crippen LogP contribution is -2.16. The fraction of sp³-hybridized carbons (Fsp3) is 0.222. The van der Waals surface area contributed by atoms with Gasteiger partial charge in [0.05, 0.1) is 13.2 Å². The summed E-state index contributed by atoms with van der Waals surface area (Å²) in [5.74, 6) is -0.739. The fourth-order valence-electron chi connectivity index (χ4n) is 2.68. The largest absolute Gasteiger partial charge is 0.475 e.